The lowest BCUT2D eigenvalue weighted by Gasteiger charge is -2.15. The third kappa shape index (κ3) is 5.80. The van der Waals surface area contributed by atoms with Gasteiger partial charge in [0.05, 0.1) is 35.9 Å². The summed E-state index contributed by atoms with van der Waals surface area (Å²) in [6.07, 6.45) is -2.34. The second kappa shape index (κ2) is 11.7. The Balaban J connectivity index is 1.13. The van der Waals surface area contributed by atoms with Gasteiger partial charge in [-0.3, -0.25) is 14.9 Å². The van der Waals surface area contributed by atoms with Crippen molar-refractivity contribution in [2.75, 3.05) is 13.2 Å². The highest BCUT2D eigenvalue weighted by molar-refractivity contribution is 6.33. The summed E-state index contributed by atoms with van der Waals surface area (Å²) >= 11 is 6.59. The highest BCUT2D eigenvalue weighted by Gasteiger charge is 2.48. The van der Waals surface area contributed by atoms with Crippen LogP contribution < -0.4 is 10.1 Å². The minimum Gasteiger partial charge on any atom is -0.481 e. The first-order chi connectivity index (χ1) is 20.2. The minimum absolute atomic E-state index is 0.211. The molecule has 5 atom stereocenters. The van der Waals surface area contributed by atoms with E-state index in [1.165, 1.54) is 0 Å². The zero-order valence-corrected chi connectivity index (χ0v) is 22.8. The molecule has 0 saturated carbocycles. The van der Waals surface area contributed by atoms with Crippen molar-refractivity contribution in [2.45, 2.75) is 43.4 Å². The number of aromatic nitrogens is 3. The van der Waals surface area contributed by atoms with Crippen LogP contribution in [-0.4, -0.2) is 85.9 Å². The Labute approximate surface area is 244 Å². The quantitative estimate of drug-likeness (QED) is 0.182. The van der Waals surface area contributed by atoms with Gasteiger partial charge in [-0.15, -0.1) is 0 Å². The average Bonchev–Trinajstić information content (AvgIpc) is 3.67. The topological polar surface area (TPSA) is 176 Å². The molecule has 0 aliphatic carbocycles. The van der Waals surface area contributed by atoms with Gasteiger partial charge in [0.1, 0.15) is 24.4 Å². The molecule has 4 aromatic rings. The van der Waals surface area contributed by atoms with Crippen LogP contribution in [0.2, 0.25) is 5.02 Å². The number of rotatable bonds is 10. The van der Waals surface area contributed by atoms with E-state index in [4.69, 9.17) is 30.9 Å². The molecule has 0 bridgehead atoms. The van der Waals surface area contributed by atoms with Crippen LogP contribution in [0.1, 0.15) is 12.0 Å². The number of nitrogens with one attached hydrogen (secondary N) is 2. The van der Waals surface area contributed by atoms with Crippen LogP contribution in [-0.2, 0) is 25.6 Å². The fraction of sp³-hybridized carbons (Fsp3) is 0.310. The fourth-order valence-electron chi connectivity index (χ4n) is 5.14. The molecule has 4 heterocycles. The number of hydrogen-bond donors (Lipinski definition) is 5. The summed E-state index contributed by atoms with van der Waals surface area (Å²) in [7, 11) is 0. The van der Waals surface area contributed by atoms with E-state index in [1.54, 1.807) is 6.07 Å². The predicted octanol–water partition coefficient (Wildman–Crippen LogP) is 2.87. The van der Waals surface area contributed by atoms with Gasteiger partial charge in [-0.05, 0) is 22.8 Å². The van der Waals surface area contributed by atoms with E-state index in [0.717, 1.165) is 22.3 Å². The molecule has 0 spiro atoms. The minimum atomic E-state index is -1.21. The van der Waals surface area contributed by atoms with Gasteiger partial charge in [-0.2, -0.15) is 4.98 Å². The Morgan fingerprint density at radius 1 is 1.00 bits per heavy atom. The summed E-state index contributed by atoms with van der Waals surface area (Å²) in [5, 5.41) is 31.2. The standard InChI is InChI=1S/C29H27ClN4O8/c30-18-9-19-27(34-29(32-19)42-22-13-41-25-21(35)12-40-26(22)25)33-24(18)17-7-5-16(6-8-17)15-3-1-14(2-4-15)11-31-20(28(38)39)10-23(36)37/h1-9,20-22,25-26,31,35H,10-13H2,(H,36,37)(H,38,39)(H,32,33,34)/t20-,21+,22+,25+,26+/m0/s1. The van der Waals surface area contributed by atoms with E-state index >= 15 is 0 Å². The number of H-pyrrole nitrogens is 1. The van der Waals surface area contributed by atoms with Gasteiger partial charge in [0.2, 0.25) is 0 Å². The molecule has 2 aromatic carbocycles. The van der Waals surface area contributed by atoms with Crippen molar-refractivity contribution in [1.82, 2.24) is 20.3 Å². The summed E-state index contributed by atoms with van der Waals surface area (Å²) < 4.78 is 17.2. The van der Waals surface area contributed by atoms with Crippen LogP contribution >= 0.6 is 11.6 Å². The molecule has 13 heteroatoms. The molecular formula is C29H27ClN4O8. The van der Waals surface area contributed by atoms with Crippen LogP contribution in [0.5, 0.6) is 6.01 Å². The largest absolute Gasteiger partial charge is 0.481 e. The maximum Gasteiger partial charge on any atom is 0.321 e. The van der Waals surface area contributed by atoms with Crippen molar-refractivity contribution >= 4 is 34.7 Å². The maximum absolute atomic E-state index is 11.3. The molecule has 2 aromatic heterocycles. The van der Waals surface area contributed by atoms with Gasteiger partial charge < -0.3 is 34.5 Å². The maximum atomic E-state index is 11.3. The first-order valence-electron chi connectivity index (χ1n) is 13.3. The normalized spacial score (nSPS) is 22.2. The zero-order chi connectivity index (χ0) is 29.4. The van der Waals surface area contributed by atoms with Crippen molar-refractivity contribution in [3.63, 3.8) is 0 Å². The van der Waals surface area contributed by atoms with Crippen molar-refractivity contribution in [2.24, 2.45) is 0 Å². The van der Waals surface area contributed by atoms with E-state index in [-0.39, 0.29) is 31.9 Å². The van der Waals surface area contributed by atoms with Crippen molar-refractivity contribution < 1.29 is 39.1 Å². The summed E-state index contributed by atoms with van der Waals surface area (Å²) in [6.45, 7) is 0.720. The highest BCUT2D eigenvalue weighted by Crippen LogP contribution is 2.33. The SMILES string of the molecule is O=C(O)C[C@H](NCc1ccc(-c2ccc(-c3nc4nc(O[C@@H]5CO[C@H]6[C@@H]5OC[C@H]6O)[nH]c4cc3Cl)cc2)cc1)C(=O)O. The Hall–Kier alpha value is -4.07. The number of fused-ring (bicyclic) bond motifs is 2. The third-order valence-electron chi connectivity index (χ3n) is 7.32. The van der Waals surface area contributed by atoms with E-state index in [2.05, 4.69) is 20.3 Å². The molecule has 218 valence electrons. The van der Waals surface area contributed by atoms with E-state index in [9.17, 15) is 19.8 Å². The Morgan fingerprint density at radius 2 is 1.67 bits per heavy atom. The van der Waals surface area contributed by atoms with E-state index in [0.29, 0.717) is 21.9 Å². The van der Waals surface area contributed by atoms with Crippen LogP contribution in [0.4, 0.5) is 0 Å². The molecule has 12 nitrogen and oxygen atoms in total. The highest BCUT2D eigenvalue weighted by atomic mass is 35.5. The zero-order valence-electron chi connectivity index (χ0n) is 22.1. The number of pyridine rings is 1. The number of aliphatic hydroxyl groups excluding tert-OH is 1. The van der Waals surface area contributed by atoms with Crippen molar-refractivity contribution in [1.29, 1.82) is 0 Å². The number of carboxylic acids is 2. The molecule has 42 heavy (non-hydrogen) atoms. The van der Waals surface area contributed by atoms with Crippen LogP contribution in [0.3, 0.4) is 0 Å². The molecular weight excluding hydrogens is 568 g/mol. The molecule has 0 unspecified atom stereocenters. The first-order valence-corrected chi connectivity index (χ1v) is 13.6. The number of benzene rings is 2. The summed E-state index contributed by atoms with van der Waals surface area (Å²) in [5.41, 5.74) is 5.15. The second-order valence-corrected chi connectivity index (χ2v) is 10.6. The summed E-state index contributed by atoms with van der Waals surface area (Å²) in [4.78, 5) is 34.3. The third-order valence-corrected chi connectivity index (χ3v) is 7.61. The lowest BCUT2D eigenvalue weighted by Crippen LogP contribution is -2.38. The number of halogens is 1. The predicted molar refractivity (Wildman–Crippen MR) is 150 cm³/mol. The van der Waals surface area contributed by atoms with Gasteiger partial charge in [0.25, 0.3) is 6.01 Å². The Morgan fingerprint density at radius 3 is 2.36 bits per heavy atom. The number of nitrogens with zero attached hydrogens (tertiary/aromatic N) is 2. The van der Waals surface area contributed by atoms with E-state index < -0.39 is 42.7 Å². The number of aromatic amines is 1. The fourth-order valence-corrected chi connectivity index (χ4v) is 5.40. The number of aliphatic hydroxyl groups is 1. The number of aliphatic carboxylic acids is 2. The van der Waals surface area contributed by atoms with Gasteiger partial charge >= 0.3 is 11.9 Å². The van der Waals surface area contributed by atoms with Gasteiger partial charge in [0, 0.05) is 12.1 Å². The number of carboxylic acid groups (broad SMARTS) is 2. The number of ether oxygens (including phenoxy) is 3. The molecule has 2 saturated heterocycles. The smallest absolute Gasteiger partial charge is 0.321 e. The molecule has 2 aliphatic rings. The Kier molecular flexibility index (Phi) is 7.80. The molecule has 0 radical (unpaired) electrons. The molecule has 5 N–H and O–H groups in total. The van der Waals surface area contributed by atoms with Crippen molar-refractivity contribution in [3.05, 3.63) is 65.2 Å². The lowest BCUT2D eigenvalue weighted by molar-refractivity contribution is -0.146. The molecule has 2 fully saturated rings. The van der Waals surface area contributed by atoms with Gasteiger partial charge in [-0.25, -0.2) is 4.98 Å². The first kappa shape index (κ1) is 28.1. The Bertz CT molecular complexity index is 1610. The summed E-state index contributed by atoms with van der Waals surface area (Å²) in [5.74, 6) is -2.38. The van der Waals surface area contributed by atoms with Gasteiger partial charge in [-0.1, -0.05) is 60.1 Å². The van der Waals surface area contributed by atoms with E-state index in [1.807, 2.05) is 48.5 Å². The van der Waals surface area contributed by atoms with Crippen LogP contribution in [0.15, 0.2) is 54.6 Å². The molecule has 6 rings (SSSR count). The molecule has 0 amide bonds. The number of carbonyl (C=O) groups is 2. The summed E-state index contributed by atoms with van der Waals surface area (Å²) in [6, 6.07) is 16.1. The second-order valence-electron chi connectivity index (χ2n) is 10.2. The van der Waals surface area contributed by atoms with Crippen LogP contribution in [0.25, 0.3) is 33.5 Å². The number of imidazole rings is 1. The average molecular weight is 595 g/mol. The lowest BCUT2D eigenvalue weighted by atomic mass is 10.0. The number of hydrogen-bond acceptors (Lipinski definition) is 9. The monoisotopic (exact) mass is 594 g/mol. The van der Waals surface area contributed by atoms with Crippen molar-refractivity contribution in [3.8, 4) is 28.4 Å². The van der Waals surface area contributed by atoms with Gasteiger partial charge in [0.15, 0.2) is 11.8 Å². The van der Waals surface area contributed by atoms with Crippen LogP contribution in [0, 0.1) is 0 Å². The molecule has 2 aliphatic heterocycles.